The molecular weight excluding hydrogens is 217 g/mol. The lowest BCUT2D eigenvalue weighted by Crippen LogP contribution is -2.25. The van der Waals surface area contributed by atoms with Crippen LogP contribution in [-0.4, -0.2) is 28.3 Å². The Morgan fingerprint density at radius 3 is 2.76 bits per heavy atom. The molecule has 17 heavy (non-hydrogen) atoms. The van der Waals surface area contributed by atoms with E-state index in [-0.39, 0.29) is 5.82 Å². The Morgan fingerprint density at radius 1 is 1.24 bits per heavy atom. The number of benzene rings is 1. The molecule has 3 nitrogen and oxygen atoms in total. The molecule has 0 saturated carbocycles. The molecule has 2 heterocycles. The minimum Gasteiger partial charge on any atom is -0.302 e. The Kier molecular flexibility index (Phi) is 2.44. The van der Waals surface area contributed by atoms with Crippen molar-refractivity contribution in [1.82, 2.24) is 14.7 Å². The predicted octanol–water partition coefficient (Wildman–Crippen LogP) is 2.00. The zero-order valence-corrected chi connectivity index (χ0v) is 9.73. The van der Waals surface area contributed by atoms with E-state index in [9.17, 15) is 4.39 Å². The third kappa shape index (κ3) is 1.96. The summed E-state index contributed by atoms with van der Waals surface area (Å²) in [6.45, 7) is 1.99. The van der Waals surface area contributed by atoms with Crippen LogP contribution < -0.4 is 0 Å². The van der Waals surface area contributed by atoms with Crippen molar-refractivity contribution in [3.63, 3.8) is 0 Å². The smallest absolute Gasteiger partial charge is 0.123 e. The summed E-state index contributed by atoms with van der Waals surface area (Å²) < 4.78 is 14.7. The fourth-order valence-electron chi connectivity index (χ4n) is 2.18. The van der Waals surface area contributed by atoms with Gasteiger partial charge in [0.05, 0.1) is 11.4 Å². The zero-order valence-electron chi connectivity index (χ0n) is 9.73. The van der Waals surface area contributed by atoms with E-state index in [1.165, 1.54) is 17.7 Å². The highest BCUT2D eigenvalue weighted by Gasteiger charge is 2.17. The van der Waals surface area contributed by atoms with Crippen molar-refractivity contribution in [3.8, 4) is 5.69 Å². The van der Waals surface area contributed by atoms with Crippen LogP contribution in [0.5, 0.6) is 0 Å². The molecule has 1 aromatic carbocycles. The molecule has 0 fully saturated rings. The Morgan fingerprint density at radius 2 is 2.00 bits per heavy atom. The first-order valence-electron chi connectivity index (χ1n) is 5.74. The number of nitrogens with zero attached hydrogens (tertiary/aromatic N) is 3. The molecule has 2 aromatic rings. The molecule has 4 heteroatoms. The lowest BCUT2D eigenvalue weighted by molar-refractivity contribution is 0.311. The van der Waals surface area contributed by atoms with Crippen molar-refractivity contribution in [2.75, 3.05) is 13.6 Å². The van der Waals surface area contributed by atoms with Crippen LogP contribution in [0, 0.1) is 5.82 Å². The van der Waals surface area contributed by atoms with E-state index in [1.54, 1.807) is 12.1 Å². The molecule has 0 atom stereocenters. The van der Waals surface area contributed by atoms with E-state index >= 15 is 0 Å². The third-order valence-electron chi connectivity index (χ3n) is 3.14. The van der Waals surface area contributed by atoms with Gasteiger partial charge in [0.1, 0.15) is 5.82 Å². The van der Waals surface area contributed by atoms with E-state index in [0.29, 0.717) is 0 Å². The van der Waals surface area contributed by atoms with Crippen LogP contribution in [0.1, 0.15) is 11.3 Å². The van der Waals surface area contributed by atoms with Gasteiger partial charge in [0.25, 0.3) is 0 Å². The van der Waals surface area contributed by atoms with Gasteiger partial charge in [-0.3, -0.25) is 0 Å². The van der Waals surface area contributed by atoms with Crippen LogP contribution in [0.2, 0.25) is 0 Å². The summed E-state index contributed by atoms with van der Waals surface area (Å²) in [5, 5.41) is 4.55. The van der Waals surface area contributed by atoms with Gasteiger partial charge in [0.2, 0.25) is 0 Å². The number of rotatable bonds is 1. The second-order valence-corrected chi connectivity index (χ2v) is 4.51. The molecular formula is C13H14FN3. The summed E-state index contributed by atoms with van der Waals surface area (Å²) in [4.78, 5) is 2.28. The second kappa shape index (κ2) is 3.96. The van der Waals surface area contributed by atoms with Crippen molar-refractivity contribution >= 4 is 0 Å². The molecule has 1 aliphatic rings. The first-order chi connectivity index (χ1) is 8.22. The molecule has 0 aliphatic carbocycles. The molecule has 0 saturated heterocycles. The maximum Gasteiger partial charge on any atom is 0.123 e. The Bertz CT molecular complexity index is 530. The lowest BCUT2D eigenvalue weighted by Gasteiger charge is -2.20. The Balaban J connectivity index is 1.97. The molecule has 0 unspecified atom stereocenters. The van der Waals surface area contributed by atoms with Crippen molar-refractivity contribution in [2.24, 2.45) is 0 Å². The first-order valence-corrected chi connectivity index (χ1v) is 5.74. The topological polar surface area (TPSA) is 21.1 Å². The highest BCUT2D eigenvalue weighted by atomic mass is 19.1. The molecule has 1 aromatic heterocycles. The molecule has 0 N–H and O–H groups in total. The van der Waals surface area contributed by atoms with Gasteiger partial charge in [-0.2, -0.15) is 5.10 Å². The number of hydrogen-bond donors (Lipinski definition) is 0. The minimum atomic E-state index is -0.217. The number of hydrogen-bond acceptors (Lipinski definition) is 2. The SMILES string of the molecule is CN1CCc2nn(-c3ccc(F)cc3)cc2C1. The van der Waals surface area contributed by atoms with Gasteiger partial charge in [-0.15, -0.1) is 0 Å². The Labute approximate surface area is 99.5 Å². The highest BCUT2D eigenvalue weighted by Crippen LogP contribution is 2.18. The van der Waals surface area contributed by atoms with E-state index < -0.39 is 0 Å². The van der Waals surface area contributed by atoms with Crippen LogP contribution in [0.4, 0.5) is 4.39 Å². The summed E-state index contributed by atoms with van der Waals surface area (Å²) in [5.41, 5.74) is 3.33. The monoisotopic (exact) mass is 231 g/mol. The molecule has 0 spiro atoms. The van der Waals surface area contributed by atoms with Gasteiger partial charge in [-0.1, -0.05) is 0 Å². The van der Waals surface area contributed by atoms with Crippen molar-refractivity contribution in [3.05, 3.63) is 47.5 Å². The number of fused-ring (bicyclic) bond motifs is 1. The van der Waals surface area contributed by atoms with Crippen LogP contribution in [0.25, 0.3) is 5.69 Å². The van der Waals surface area contributed by atoms with E-state index in [1.807, 2.05) is 10.9 Å². The van der Waals surface area contributed by atoms with Crippen molar-refractivity contribution in [2.45, 2.75) is 13.0 Å². The third-order valence-corrected chi connectivity index (χ3v) is 3.14. The summed E-state index contributed by atoms with van der Waals surface area (Å²) in [6, 6.07) is 6.42. The molecule has 0 amide bonds. The maximum absolute atomic E-state index is 12.8. The minimum absolute atomic E-state index is 0.217. The first kappa shape index (κ1) is 10.5. The van der Waals surface area contributed by atoms with Crippen molar-refractivity contribution < 1.29 is 4.39 Å². The van der Waals surface area contributed by atoms with Crippen LogP contribution in [-0.2, 0) is 13.0 Å². The largest absolute Gasteiger partial charge is 0.302 e. The van der Waals surface area contributed by atoms with Gasteiger partial charge >= 0.3 is 0 Å². The molecule has 3 rings (SSSR count). The standard InChI is InChI=1S/C13H14FN3/c1-16-7-6-13-10(8-16)9-17(15-13)12-4-2-11(14)3-5-12/h2-5,9H,6-8H2,1H3. The predicted molar refractivity (Wildman–Crippen MR) is 63.6 cm³/mol. The fraction of sp³-hybridized carbons (Fsp3) is 0.308. The zero-order chi connectivity index (χ0) is 11.8. The van der Waals surface area contributed by atoms with Crippen LogP contribution in [0.3, 0.4) is 0 Å². The van der Waals surface area contributed by atoms with Gasteiger partial charge < -0.3 is 4.90 Å². The maximum atomic E-state index is 12.8. The molecule has 0 radical (unpaired) electrons. The van der Waals surface area contributed by atoms with E-state index in [4.69, 9.17) is 0 Å². The van der Waals surface area contributed by atoms with E-state index in [0.717, 1.165) is 30.9 Å². The summed E-state index contributed by atoms with van der Waals surface area (Å²) in [5.74, 6) is -0.217. The second-order valence-electron chi connectivity index (χ2n) is 4.51. The summed E-state index contributed by atoms with van der Waals surface area (Å²) in [6.07, 6.45) is 3.03. The molecule has 88 valence electrons. The van der Waals surface area contributed by atoms with Gasteiger partial charge in [-0.05, 0) is 31.3 Å². The molecule has 1 aliphatic heterocycles. The molecule has 0 bridgehead atoms. The van der Waals surface area contributed by atoms with Crippen LogP contribution in [0.15, 0.2) is 30.5 Å². The van der Waals surface area contributed by atoms with E-state index in [2.05, 4.69) is 17.0 Å². The van der Waals surface area contributed by atoms with Gasteiger partial charge in [0.15, 0.2) is 0 Å². The van der Waals surface area contributed by atoms with Gasteiger partial charge in [-0.25, -0.2) is 9.07 Å². The van der Waals surface area contributed by atoms with Crippen LogP contribution >= 0.6 is 0 Å². The summed E-state index contributed by atoms with van der Waals surface area (Å²) >= 11 is 0. The summed E-state index contributed by atoms with van der Waals surface area (Å²) in [7, 11) is 2.11. The quantitative estimate of drug-likeness (QED) is 0.748. The number of halogens is 1. The van der Waals surface area contributed by atoms with Gasteiger partial charge in [0, 0.05) is 31.3 Å². The average Bonchev–Trinajstić information content (AvgIpc) is 2.72. The van der Waals surface area contributed by atoms with Crippen molar-refractivity contribution in [1.29, 1.82) is 0 Å². The lowest BCUT2D eigenvalue weighted by atomic mass is 10.1. The Hall–Kier alpha value is -1.68. The highest BCUT2D eigenvalue weighted by molar-refractivity contribution is 5.33. The fourth-order valence-corrected chi connectivity index (χ4v) is 2.18. The number of likely N-dealkylation sites (N-methyl/N-ethyl adjacent to an activating group) is 1. The normalized spacial score (nSPS) is 15.9. The number of aromatic nitrogens is 2. The average molecular weight is 231 g/mol.